The van der Waals surface area contributed by atoms with Crippen LogP contribution in [-0.2, 0) is 0 Å². The molecule has 1 heterocycles. The van der Waals surface area contributed by atoms with Gasteiger partial charge in [-0.15, -0.1) is 0 Å². The Morgan fingerprint density at radius 2 is 2.13 bits per heavy atom. The van der Waals surface area contributed by atoms with Crippen LogP contribution in [0.25, 0.3) is 0 Å². The molecule has 0 fully saturated rings. The molecule has 1 atom stereocenters. The Morgan fingerprint density at radius 3 is 2.80 bits per heavy atom. The summed E-state index contributed by atoms with van der Waals surface area (Å²) in [6.45, 7) is 6.12. The molecule has 0 amide bonds. The zero-order valence-electron chi connectivity index (χ0n) is 9.06. The van der Waals surface area contributed by atoms with Gasteiger partial charge in [0.15, 0.2) is 5.78 Å². The molecular formula is C12H13ClO2. The molecule has 2 nitrogen and oxygen atoms in total. The Balaban J connectivity index is 2.67. The highest BCUT2D eigenvalue weighted by Crippen LogP contribution is 2.35. The molecule has 0 aromatic heterocycles. The summed E-state index contributed by atoms with van der Waals surface area (Å²) >= 11 is 6.12. The van der Waals surface area contributed by atoms with Gasteiger partial charge in [0.1, 0.15) is 5.75 Å². The topological polar surface area (TPSA) is 26.3 Å². The van der Waals surface area contributed by atoms with Gasteiger partial charge >= 0.3 is 0 Å². The molecule has 2 rings (SSSR count). The van der Waals surface area contributed by atoms with Gasteiger partial charge in [-0.1, -0.05) is 18.5 Å². The fourth-order valence-corrected chi connectivity index (χ4v) is 2.03. The summed E-state index contributed by atoms with van der Waals surface area (Å²) in [7, 11) is 0. The predicted molar refractivity (Wildman–Crippen MR) is 59.9 cm³/mol. The van der Waals surface area contributed by atoms with Crippen molar-refractivity contribution in [2.24, 2.45) is 5.92 Å². The third kappa shape index (κ3) is 1.53. The highest BCUT2D eigenvalue weighted by atomic mass is 35.5. The summed E-state index contributed by atoms with van der Waals surface area (Å²) in [6.07, 6.45) is 0. The number of hydrogen-bond acceptors (Lipinski definition) is 2. The summed E-state index contributed by atoms with van der Waals surface area (Å²) in [4.78, 5) is 12.0. The molecule has 3 heteroatoms. The number of carbonyl (C=O) groups is 1. The van der Waals surface area contributed by atoms with Crippen molar-refractivity contribution in [3.63, 3.8) is 0 Å². The van der Waals surface area contributed by atoms with Gasteiger partial charge in [-0.25, -0.2) is 0 Å². The molecule has 15 heavy (non-hydrogen) atoms. The Kier molecular flexibility index (Phi) is 2.47. The fourth-order valence-electron chi connectivity index (χ4n) is 1.88. The van der Waals surface area contributed by atoms with Crippen molar-refractivity contribution in [2.75, 3.05) is 6.61 Å². The predicted octanol–water partition coefficient (Wildman–Crippen LogP) is 3.17. The van der Waals surface area contributed by atoms with E-state index in [0.29, 0.717) is 22.9 Å². The van der Waals surface area contributed by atoms with Crippen molar-refractivity contribution >= 4 is 17.4 Å². The minimum absolute atomic E-state index is 0.0741. The van der Waals surface area contributed by atoms with Crippen molar-refractivity contribution in [1.29, 1.82) is 0 Å². The third-order valence-electron chi connectivity index (χ3n) is 2.83. The van der Waals surface area contributed by atoms with Gasteiger partial charge in [-0.05, 0) is 31.0 Å². The average Bonchev–Trinajstić information content (AvgIpc) is 2.20. The number of ether oxygens (including phenoxy) is 1. The maximum atomic E-state index is 12.0. The van der Waals surface area contributed by atoms with Crippen molar-refractivity contribution in [1.82, 2.24) is 0 Å². The standard InChI is InChI=1S/C12H13ClO2/c1-6-4-9-10(8(3)11(6)13)12(14)7(2)5-15-9/h4,7H,5H2,1-3H3. The lowest BCUT2D eigenvalue weighted by atomic mass is 9.92. The van der Waals surface area contributed by atoms with Crippen LogP contribution in [-0.4, -0.2) is 12.4 Å². The van der Waals surface area contributed by atoms with Crippen LogP contribution in [0.15, 0.2) is 6.07 Å². The first-order valence-electron chi connectivity index (χ1n) is 4.99. The van der Waals surface area contributed by atoms with E-state index in [1.165, 1.54) is 0 Å². The van der Waals surface area contributed by atoms with Crippen LogP contribution in [0, 0.1) is 19.8 Å². The quantitative estimate of drug-likeness (QED) is 0.677. The lowest BCUT2D eigenvalue weighted by Crippen LogP contribution is -2.26. The molecule has 0 aliphatic carbocycles. The van der Waals surface area contributed by atoms with Crippen molar-refractivity contribution in [3.05, 3.63) is 27.8 Å². The lowest BCUT2D eigenvalue weighted by molar-refractivity contribution is 0.0848. The number of rotatable bonds is 0. The Labute approximate surface area is 94.2 Å². The molecule has 0 saturated carbocycles. The van der Waals surface area contributed by atoms with Gasteiger partial charge in [0.25, 0.3) is 0 Å². The van der Waals surface area contributed by atoms with Gasteiger partial charge in [0.05, 0.1) is 18.1 Å². The molecule has 0 spiro atoms. The zero-order chi connectivity index (χ0) is 11.2. The average molecular weight is 225 g/mol. The Morgan fingerprint density at radius 1 is 1.47 bits per heavy atom. The highest BCUT2D eigenvalue weighted by molar-refractivity contribution is 6.32. The second-order valence-corrected chi connectivity index (χ2v) is 4.46. The normalized spacial score (nSPS) is 19.7. The van der Waals surface area contributed by atoms with Crippen LogP contribution in [0.2, 0.25) is 5.02 Å². The number of ketones is 1. The van der Waals surface area contributed by atoms with Crippen LogP contribution in [0.3, 0.4) is 0 Å². The Bertz CT molecular complexity index is 438. The molecule has 0 bridgehead atoms. The number of fused-ring (bicyclic) bond motifs is 1. The number of Topliss-reactive ketones (excluding diaryl/α,β-unsaturated/α-hetero) is 1. The number of benzene rings is 1. The van der Waals surface area contributed by atoms with Gasteiger partial charge < -0.3 is 4.74 Å². The first kappa shape index (κ1) is 10.5. The minimum Gasteiger partial charge on any atom is -0.492 e. The van der Waals surface area contributed by atoms with Crippen LogP contribution in [0.4, 0.5) is 0 Å². The smallest absolute Gasteiger partial charge is 0.173 e. The largest absolute Gasteiger partial charge is 0.492 e. The van der Waals surface area contributed by atoms with E-state index in [9.17, 15) is 4.79 Å². The van der Waals surface area contributed by atoms with Crippen LogP contribution in [0.1, 0.15) is 28.4 Å². The van der Waals surface area contributed by atoms with Gasteiger partial charge in [0, 0.05) is 5.02 Å². The zero-order valence-corrected chi connectivity index (χ0v) is 9.81. The highest BCUT2D eigenvalue weighted by Gasteiger charge is 2.28. The van der Waals surface area contributed by atoms with E-state index >= 15 is 0 Å². The van der Waals surface area contributed by atoms with Crippen molar-refractivity contribution in [3.8, 4) is 5.75 Å². The number of hydrogen-bond donors (Lipinski definition) is 0. The molecule has 1 aromatic rings. The maximum Gasteiger partial charge on any atom is 0.173 e. The molecule has 0 N–H and O–H groups in total. The van der Waals surface area contributed by atoms with E-state index in [2.05, 4.69) is 0 Å². The second-order valence-electron chi connectivity index (χ2n) is 4.08. The van der Waals surface area contributed by atoms with E-state index in [-0.39, 0.29) is 11.7 Å². The molecule has 1 aliphatic heterocycles. The molecule has 1 unspecified atom stereocenters. The number of aryl methyl sites for hydroxylation is 1. The first-order valence-corrected chi connectivity index (χ1v) is 5.37. The van der Waals surface area contributed by atoms with Gasteiger partial charge in [0.2, 0.25) is 0 Å². The summed E-state index contributed by atoms with van der Waals surface area (Å²) in [5.74, 6) is 0.739. The minimum atomic E-state index is -0.0741. The van der Waals surface area contributed by atoms with Gasteiger partial charge in [-0.2, -0.15) is 0 Å². The maximum absolute atomic E-state index is 12.0. The molecule has 80 valence electrons. The van der Waals surface area contributed by atoms with E-state index in [1.807, 2.05) is 26.8 Å². The summed E-state index contributed by atoms with van der Waals surface area (Å²) in [5, 5.41) is 0.666. The molecule has 1 aromatic carbocycles. The summed E-state index contributed by atoms with van der Waals surface area (Å²) < 4.78 is 5.54. The first-order chi connectivity index (χ1) is 7.02. The summed E-state index contributed by atoms with van der Waals surface area (Å²) in [6, 6.07) is 1.84. The lowest BCUT2D eigenvalue weighted by Gasteiger charge is -2.24. The molecular weight excluding hydrogens is 212 g/mol. The molecule has 1 aliphatic rings. The van der Waals surface area contributed by atoms with E-state index in [1.54, 1.807) is 0 Å². The fraction of sp³-hybridized carbons (Fsp3) is 0.417. The SMILES string of the molecule is Cc1cc2c(c(C)c1Cl)C(=O)C(C)CO2. The van der Waals surface area contributed by atoms with Gasteiger partial charge in [-0.3, -0.25) is 4.79 Å². The number of halogens is 1. The van der Waals surface area contributed by atoms with Crippen LogP contribution < -0.4 is 4.74 Å². The Hall–Kier alpha value is -1.02. The van der Waals surface area contributed by atoms with E-state index < -0.39 is 0 Å². The van der Waals surface area contributed by atoms with Crippen LogP contribution in [0.5, 0.6) is 5.75 Å². The molecule has 0 radical (unpaired) electrons. The summed E-state index contributed by atoms with van der Waals surface area (Å²) in [5.41, 5.74) is 2.45. The van der Waals surface area contributed by atoms with E-state index in [0.717, 1.165) is 11.1 Å². The monoisotopic (exact) mass is 224 g/mol. The van der Waals surface area contributed by atoms with Crippen LogP contribution >= 0.6 is 11.6 Å². The third-order valence-corrected chi connectivity index (χ3v) is 3.41. The van der Waals surface area contributed by atoms with Crippen molar-refractivity contribution < 1.29 is 9.53 Å². The number of carbonyl (C=O) groups excluding carboxylic acids is 1. The molecule has 0 saturated heterocycles. The second kappa shape index (κ2) is 3.53. The van der Waals surface area contributed by atoms with E-state index in [4.69, 9.17) is 16.3 Å². The van der Waals surface area contributed by atoms with Crippen molar-refractivity contribution in [2.45, 2.75) is 20.8 Å².